The van der Waals surface area contributed by atoms with Crippen molar-refractivity contribution in [2.75, 3.05) is 0 Å². The molecule has 0 atom stereocenters. The maximum atomic E-state index is 10.3. The van der Waals surface area contributed by atoms with Gasteiger partial charge >= 0.3 is 94.4 Å². The van der Waals surface area contributed by atoms with Crippen molar-refractivity contribution >= 4 is 0 Å². The second-order valence-electron chi connectivity index (χ2n) is 1.70. The van der Waals surface area contributed by atoms with E-state index in [4.69, 9.17) is 0 Å². The molecule has 0 fully saturated rings. The van der Waals surface area contributed by atoms with Crippen LogP contribution in [0.2, 0.25) is 0 Å². The Balaban J connectivity index is 4.86. The summed E-state index contributed by atoms with van der Waals surface area (Å²) in [6, 6.07) is 0. The Labute approximate surface area is 92.1 Å². The molecular formula is O10U3-2. The van der Waals surface area contributed by atoms with E-state index in [0.29, 0.717) is 0 Å². The molecular weight excluding hydrogens is 874 g/mol. The van der Waals surface area contributed by atoms with Crippen LogP contribution in [-0.4, -0.2) is 0 Å². The summed E-state index contributed by atoms with van der Waals surface area (Å²) >= 11 is -21.2. The van der Waals surface area contributed by atoms with Gasteiger partial charge in [0.1, 0.15) is 0 Å². The zero-order chi connectivity index (χ0) is 10.9. The van der Waals surface area contributed by atoms with E-state index in [1.54, 1.807) is 0 Å². The summed E-state index contributed by atoms with van der Waals surface area (Å²) in [7, 11) is 0. The summed E-state index contributed by atoms with van der Waals surface area (Å²) in [5.74, 6) is 0. The van der Waals surface area contributed by atoms with Crippen LogP contribution in [0.3, 0.4) is 0 Å². The third kappa shape index (κ3) is 10.1. The number of hydrogen-bond acceptors (Lipinski definition) is 10. The Hall–Kier alpha value is 1.80. The van der Waals surface area contributed by atoms with Gasteiger partial charge in [-0.2, -0.15) is 0 Å². The summed E-state index contributed by atoms with van der Waals surface area (Å²) in [5.41, 5.74) is 0. The van der Waals surface area contributed by atoms with E-state index in [1.165, 1.54) is 0 Å². The van der Waals surface area contributed by atoms with Gasteiger partial charge in [-0.15, -0.1) is 0 Å². The molecule has 0 aliphatic rings. The summed E-state index contributed by atoms with van der Waals surface area (Å²) in [6.07, 6.45) is 0. The first kappa shape index (κ1) is 14.8. The average molecular weight is 874 g/mol. The second kappa shape index (κ2) is 4.75. The molecule has 0 radical (unpaired) electrons. The first-order valence-electron chi connectivity index (χ1n) is 2.45. The van der Waals surface area contributed by atoms with E-state index in [-0.39, 0.29) is 0 Å². The van der Waals surface area contributed by atoms with Crippen LogP contribution in [-0.2, 0) is 12.9 Å². The maximum absolute atomic E-state index is 10.3. The molecule has 74 valence electrons. The molecule has 0 amide bonds. The predicted octanol–water partition coefficient (Wildman–Crippen LogP) is -3.23. The average Bonchev–Trinajstić information content (AvgIpc) is 1.43. The molecule has 13 heavy (non-hydrogen) atoms. The fraction of sp³-hybridized carbons (Fsp3) is 0. The van der Waals surface area contributed by atoms with E-state index >= 15 is 0 Å². The van der Waals surface area contributed by atoms with Crippen LogP contribution in [0.5, 0.6) is 0 Å². The van der Waals surface area contributed by atoms with E-state index in [1.807, 2.05) is 0 Å². The van der Waals surface area contributed by atoms with Crippen LogP contribution in [0, 0.1) is 76.3 Å². The molecule has 0 aromatic carbocycles. The molecule has 0 saturated carbocycles. The Kier molecular flexibility index (Phi) is 5.41. The van der Waals surface area contributed by atoms with Gasteiger partial charge in [-0.1, -0.05) is 0 Å². The molecule has 10 nitrogen and oxygen atoms in total. The van der Waals surface area contributed by atoms with Crippen molar-refractivity contribution in [1.29, 1.82) is 0 Å². The van der Waals surface area contributed by atoms with Crippen molar-refractivity contribution in [1.82, 2.24) is 0 Å². The van der Waals surface area contributed by atoms with Crippen LogP contribution in [0.25, 0.3) is 0 Å². The van der Waals surface area contributed by atoms with Gasteiger partial charge in [-0.3, -0.25) is 0 Å². The van der Waals surface area contributed by atoms with Gasteiger partial charge in [0.2, 0.25) is 0 Å². The zero-order valence-corrected chi connectivity index (χ0v) is 18.1. The third-order valence-electron chi connectivity index (χ3n) is 0.500. The molecule has 0 rings (SSSR count). The summed E-state index contributed by atoms with van der Waals surface area (Å²) in [4.78, 5) is 0. The minimum atomic E-state index is -7.09. The molecule has 0 heterocycles. The molecule has 0 N–H and O–H groups in total. The van der Waals surface area contributed by atoms with Crippen LogP contribution in [0.1, 0.15) is 0 Å². The minimum absolute atomic E-state index is 2.92. The monoisotopic (exact) mass is 874 g/mol. The van der Waals surface area contributed by atoms with Crippen LogP contribution < -0.4 is 5.22 Å². The van der Waals surface area contributed by atoms with E-state index in [0.717, 1.165) is 0 Å². The third-order valence-corrected chi connectivity index (χ3v) is 43.5. The molecule has 0 aromatic heterocycles. The van der Waals surface area contributed by atoms with Gasteiger partial charge in [0, 0.05) is 0 Å². The normalized spacial score (nSPS) is 14.3. The molecule has 0 spiro atoms. The molecule has 0 aliphatic heterocycles. The van der Waals surface area contributed by atoms with E-state index in [2.05, 4.69) is -0.509 Å². The van der Waals surface area contributed by atoms with Crippen molar-refractivity contribution in [2.24, 2.45) is 0 Å². The zero-order valence-electron chi connectivity index (χ0n) is 5.58. The van der Waals surface area contributed by atoms with Crippen LogP contribution in [0.4, 0.5) is 0 Å². The number of rotatable bonds is 4. The summed E-state index contributed by atoms with van der Waals surface area (Å²) < 4.78 is 85.2. The Morgan fingerprint density at radius 2 is 0.923 bits per heavy atom. The SMILES string of the molecule is [O]=[U](=[O])([O-])[O][U](=[O])(=[O])[O][U](=[O])(=[O])[O-]. The molecule has 0 unspecified atom stereocenters. The fourth-order valence-corrected chi connectivity index (χ4v) is 43.5. The van der Waals surface area contributed by atoms with Gasteiger partial charge in [-0.05, 0) is 0 Å². The Morgan fingerprint density at radius 3 is 1.08 bits per heavy atom. The number of hydrogen-bond donors (Lipinski definition) is 0. The summed E-state index contributed by atoms with van der Waals surface area (Å²) in [5, 5.41) is 0. The van der Waals surface area contributed by atoms with Crippen molar-refractivity contribution in [3.05, 3.63) is 0 Å². The van der Waals surface area contributed by atoms with Gasteiger partial charge < -0.3 is 0 Å². The fourth-order valence-electron chi connectivity index (χ4n) is 0.327. The van der Waals surface area contributed by atoms with Crippen molar-refractivity contribution in [3.8, 4) is 0 Å². The predicted molar refractivity (Wildman–Crippen MR) is 6.29 cm³/mol. The molecule has 13 heteroatoms. The first-order chi connectivity index (χ1) is 5.41. The van der Waals surface area contributed by atoms with Gasteiger partial charge in [0.15, 0.2) is 0 Å². The standard InChI is InChI=1S/10O.3U/q;;;;;;;;2*-1;;;. The first-order valence-corrected chi connectivity index (χ1v) is 22.8. The van der Waals surface area contributed by atoms with Crippen LogP contribution >= 0.6 is 0 Å². The Morgan fingerprint density at radius 1 is 0.692 bits per heavy atom. The van der Waals surface area contributed by atoms with E-state index < -0.39 is 76.3 Å². The van der Waals surface area contributed by atoms with Crippen molar-refractivity contribution in [3.63, 3.8) is 0 Å². The molecule has 0 saturated heterocycles. The van der Waals surface area contributed by atoms with E-state index in [9.17, 15) is 18.6 Å². The van der Waals surface area contributed by atoms with Gasteiger partial charge in [-0.25, -0.2) is 0 Å². The molecule has 0 bridgehead atoms. The summed E-state index contributed by atoms with van der Waals surface area (Å²) in [6.45, 7) is 0. The Bertz CT molecular complexity index is 414. The van der Waals surface area contributed by atoms with Crippen molar-refractivity contribution < 1.29 is 94.4 Å². The topological polar surface area (TPSA) is 167 Å². The van der Waals surface area contributed by atoms with Gasteiger partial charge in [0.25, 0.3) is 0 Å². The quantitative estimate of drug-likeness (QED) is 0.281. The molecule has 0 aromatic rings. The van der Waals surface area contributed by atoms with Gasteiger partial charge in [0.05, 0.1) is 0 Å². The molecule has 0 aliphatic carbocycles. The van der Waals surface area contributed by atoms with Crippen LogP contribution in [0.15, 0.2) is 0 Å². The van der Waals surface area contributed by atoms with Crippen molar-refractivity contribution in [2.45, 2.75) is 0 Å². The second-order valence-corrected chi connectivity index (χ2v) is 31.7.